The Kier molecular flexibility index (Phi) is 5.78. The molecule has 0 saturated heterocycles. The summed E-state index contributed by atoms with van der Waals surface area (Å²) in [5.41, 5.74) is 2.38. The van der Waals surface area contributed by atoms with E-state index in [2.05, 4.69) is 30.1 Å². The van der Waals surface area contributed by atoms with Gasteiger partial charge in [-0.1, -0.05) is 48.5 Å². The van der Waals surface area contributed by atoms with Crippen LogP contribution in [0.2, 0.25) is 0 Å². The average molecular weight is 285 g/mol. The molecule has 1 atom stereocenters. The maximum atomic E-state index is 9.36. The van der Waals surface area contributed by atoms with Gasteiger partial charge in [-0.3, -0.25) is 4.90 Å². The Morgan fingerprint density at radius 3 is 2.38 bits per heavy atom. The summed E-state index contributed by atoms with van der Waals surface area (Å²) in [5, 5.41) is 9.36. The Morgan fingerprint density at radius 1 is 1.05 bits per heavy atom. The minimum Gasteiger partial charge on any atom is -0.496 e. The van der Waals surface area contributed by atoms with Crippen LogP contribution in [0.3, 0.4) is 0 Å². The van der Waals surface area contributed by atoms with E-state index in [0.717, 1.165) is 24.3 Å². The van der Waals surface area contributed by atoms with Crippen molar-refractivity contribution in [2.75, 3.05) is 20.8 Å². The second kappa shape index (κ2) is 7.81. The van der Waals surface area contributed by atoms with Gasteiger partial charge in [0, 0.05) is 24.8 Å². The van der Waals surface area contributed by atoms with Crippen molar-refractivity contribution >= 4 is 0 Å². The van der Waals surface area contributed by atoms with Crippen LogP contribution >= 0.6 is 0 Å². The second-order valence-corrected chi connectivity index (χ2v) is 5.17. The van der Waals surface area contributed by atoms with E-state index in [0.29, 0.717) is 0 Å². The highest BCUT2D eigenvalue weighted by Gasteiger charge is 2.17. The predicted octanol–water partition coefficient (Wildman–Crippen LogP) is 3.25. The lowest BCUT2D eigenvalue weighted by molar-refractivity contribution is 0.179. The van der Waals surface area contributed by atoms with Gasteiger partial charge < -0.3 is 9.84 Å². The fourth-order valence-electron chi connectivity index (χ4n) is 2.65. The van der Waals surface area contributed by atoms with Crippen molar-refractivity contribution in [2.24, 2.45) is 0 Å². The predicted molar refractivity (Wildman–Crippen MR) is 85.3 cm³/mol. The Labute approximate surface area is 126 Å². The lowest BCUT2D eigenvalue weighted by Crippen LogP contribution is -2.25. The molecule has 0 spiro atoms. The van der Waals surface area contributed by atoms with Crippen molar-refractivity contribution in [3.05, 3.63) is 65.7 Å². The summed E-state index contributed by atoms with van der Waals surface area (Å²) in [4.78, 5) is 2.25. The maximum Gasteiger partial charge on any atom is 0.123 e. The van der Waals surface area contributed by atoms with Crippen LogP contribution in [-0.2, 0) is 6.54 Å². The van der Waals surface area contributed by atoms with Gasteiger partial charge in [-0.2, -0.15) is 0 Å². The van der Waals surface area contributed by atoms with Crippen LogP contribution in [-0.4, -0.2) is 30.8 Å². The molecule has 2 aromatic rings. The Balaban J connectivity index is 2.17. The number of hydrogen-bond donors (Lipinski definition) is 1. The summed E-state index contributed by atoms with van der Waals surface area (Å²) in [6, 6.07) is 18.6. The molecule has 1 unspecified atom stereocenters. The summed E-state index contributed by atoms with van der Waals surface area (Å²) in [5.74, 6) is 0.903. The average Bonchev–Trinajstić information content (AvgIpc) is 2.53. The van der Waals surface area contributed by atoms with E-state index >= 15 is 0 Å². The van der Waals surface area contributed by atoms with E-state index in [9.17, 15) is 5.11 Å². The maximum absolute atomic E-state index is 9.36. The molecule has 0 bridgehead atoms. The summed E-state index contributed by atoms with van der Waals surface area (Å²) < 4.78 is 5.42. The first-order valence-corrected chi connectivity index (χ1v) is 7.24. The standard InChI is InChI=1S/C18H23NO2/c1-19(14-16-10-6-7-11-18(16)21-2)17(12-13-20)15-8-4-3-5-9-15/h3-11,17,20H,12-14H2,1-2H3. The van der Waals surface area contributed by atoms with Crippen molar-refractivity contribution in [1.82, 2.24) is 4.90 Å². The molecule has 3 heteroatoms. The molecule has 2 rings (SSSR count). The highest BCUT2D eigenvalue weighted by atomic mass is 16.5. The van der Waals surface area contributed by atoms with Crippen LogP contribution in [0.1, 0.15) is 23.6 Å². The van der Waals surface area contributed by atoms with Gasteiger partial charge in [-0.25, -0.2) is 0 Å². The van der Waals surface area contributed by atoms with E-state index < -0.39 is 0 Å². The molecule has 0 aliphatic carbocycles. The lowest BCUT2D eigenvalue weighted by atomic mass is 10.0. The van der Waals surface area contributed by atoms with Crippen LogP contribution in [0.4, 0.5) is 0 Å². The minimum absolute atomic E-state index is 0.176. The van der Waals surface area contributed by atoms with Gasteiger partial charge >= 0.3 is 0 Å². The molecule has 0 aliphatic heterocycles. The molecular weight excluding hydrogens is 262 g/mol. The zero-order valence-electron chi connectivity index (χ0n) is 12.7. The SMILES string of the molecule is COc1ccccc1CN(C)C(CCO)c1ccccc1. The third-order valence-electron chi connectivity index (χ3n) is 3.73. The van der Waals surface area contributed by atoms with Gasteiger partial charge in [0.1, 0.15) is 5.75 Å². The van der Waals surface area contributed by atoms with E-state index in [1.54, 1.807) is 7.11 Å². The van der Waals surface area contributed by atoms with Crippen molar-refractivity contribution in [2.45, 2.75) is 19.0 Å². The van der Waals surface area contributed by atoms with Crippen molar-refractivity contribution in [3.63, 3.8) is 0 Å². The number of aliphatic hydroxyl groups excluding tert-OH is 1. The molecule has 0 aromatic heterocycles. The van der Waals surface area contributed by atoms with E-state index in [1.165, 1.54) is 5.56 Å². The Bertz CT molecular complexity index is 542. The summed E-state index contributed by atoms with van der Waals surface area (Å²) in [7, 11) is 3.78. The molecule has 0 saturated carbocycles. The van der Waals surface area contributed by atoms with Gasteiger partial charge in [0.05, 0.1) is 7.11 Å². The van der Waals surface area contributed by atoms with E-state index in [-0.39, 0.29) is 12.6 Å². The number of hydrogen-bond acceptors (Lipinski definition) is 3. The van der Waals surface area contributed by atoms with E-state index in [1.807, 2.05) is 36.4 Å². The zero-order chi connectivity index (χ0) is 15.1. The molecule has 0 radical (unpaired) electrons. The van der Waals surface area contributed by atoms with Crippen LogP contribution in [0.25, 0.3) is 0 Å². The van der Waals surface area contributed by atoms with Crippen LogP contribution in [0.15, 0.2) is 54.6 Å². The Morgan fingerprint density at radius 2 is 1.71 bits per heavy atom. The van der Waals surface area contributed by atoms with Gasteiger partial charge in [-0.15, -0.1) is 0 Å². The third kappa shape index (κ3) is 4.06. The van der Waals surface area contributed by atoms with Gasteiger partial charge in [-0.05, 0) is 25.1 Å². The quantitative estimate of drug-likeness (QED) is 0.847. The lowest BCUT2D eigenvalue weighted by Gasteiger charge is -2.28. The van der Waals surface area contributed by atoms with E-state index in [4.69, 9.17) is 4.74 Å². The molecule has 0 aliphatic rings. The van der Waals surface area contributed by atoms with Crippen LogP contribution in [0.5, 0.6) is 5.75 Å². The van der Waals surface area contributed by atoms with Gasteiger partial charge in [0.2, 0.25) is 0 Å². The van der Waals surface area contributed by atoms with Gasteiger partial charge in [0.15, 0.2) is 0 Å². The first-order valence-electron chi connectivity index (χ1n) is 7.24. The number of rotatable bonds is 7. The molecule has 3 nitrogen and oxygen atoms in total. The smallest absolute Gasteiger partial charge is 0.123 e. The molecule has 0 fully saturated rings. The topological polar surface area (TPSA) is 32.7 Å². The number of benzene rings is 2. The molecule has 0 heterocycles. The van der Waals surface area contributed by atoms with Gasteiger partial charge in [0.25, 0.3) is 0 Å². The van der Waals surface area contributed by atoms with Crippen LogP contribution in [0, 0.1) is 0 Å². The molecule has 112 valence electrons. The molecule has 2 aromatic carbocycles. The van der Waals surface area contributed by atoms with Crippen molar-refractivity contribution < 1.29 is 9.84 Å². The number of nitrogens with zero attached hydrogens (tertiary/aromatic N) is 1. The van der Waals surface area contributed by atoms with Crippen LogP contribution < -0.4 is 4.74 Å². The summed E-state index contributed by atoms with van der Waals surface area (Å²) in [6.07, 6.45) is 0.718. The fraction of sp³-hybridized carbons (Fsp3) is 0.333. The fourth-order valence-corrected chi connectivity index (χ4v) is 2.65. The monoisotopic (exact) mass is 285 g/mol. The van der Waals surface area contributed by atoms with Crippen molar-refractivity contribution in [3.8, 4) is 5.75 Å². The second-order valence-electron chi connectivity index (χ2n) is 5.17. The zero-order valence-corrected chi connectivity index (χ0v) is 12.7. The number of methoxy groups -OCH3 is 1. The summed E-state index contributed by atoms with van der Waals surface area (Å²) in [6.45, 7) is 0.958. The highest BCUT2D eigenvalue weighted by molar-refractivity contribution is 5.33. The highest BCUT2D eigenvalue weighted by Crippen LogP contribution is 2.27. The Hall–Kier alpha value is -1.84. The number of aliphatic hydroxyl groups is 1. The molecule has 21 heavy (non-hydrogen) atoms. The first-order chi connectivity index (χ1) is 10.3. The number of para-hydroxylation sites is 1. The first kappa shape index (κ1) is 15.5. The molecular formula is C18H23NO2. The minimum atomic E-state index is 0.176. The largest absolute Gasteiger partial charge is 0.496 e. The third-order valence-corrected chi connectivity index (χ3v) is 3.73. The van der Waals surface area contributed by atoms with Crippen molar-refractivity contribution in [1.29, 1.82) is 0 Å². The number of ether oxygens (including phenoxy) is 1. The normalized spacial score (nSPS) is 12.4. The molecule has 1 N–H and O–H groups in total. The summed E-state index contributed by atoms with van der Waals surface area (Å²) >= 11 is 0. The molecule has 0 amide bonds.